The van der Waals surface area contributed by atoms with Gasteiger partial charge in [0.05, 0.1) is 17.1 Å². The van der Waals surface area contributed by atoms with Gasteiger partial charge in [-0.15, -0.1) is 0 Å². The number of anilines is 2. The fourth-order valence-electron chi connectivity index (χ4n) is 3.75. The first kappa shape index (κ1) is 23.5. The van der Waals surface area contributed by atoms with Crippen molar-refractivity contribution in [1.29, 1.82) is 0 Å². The van der Waals surface area contributed by atoms with Crippen LogP contribution in [0.15, 0.2) is 59.6 Å². The summed E-state index contributed by atoms with van der Waals surface area (Å²) in [4.78, 5) is 22.0. The standard InChI is InChI=1S/C24H26N4O5S/c1-16-5-4-6-19(13-16)34(31,32)28-15-18(8-10-23(29)30)33-21-9-7-17(14-20(21)28)24-25-12-11-22(26-24)27(2)3/h4-7,9,11-14,18H,8,10,15H2,1-3H3,(H,29,30)/t18-/m0/s1. The van der Waals surface area contributed by atoms with Crippen LogP contribution in [0.4, 0.5) is 11.5 Å². The maximum atomic E-state index is 13.7. The van der Waals surface area contributed by atoms with Crippen molar-refractivity contribution in [3.63, 3.8) is 0 Å². The van der Waals surface area contributed by atoms with Crippen molar-refractivity contribution in [3.8, 4) is 17.1 Å². The third-order valence-electron chi connectivity index (χ3n) is 5.51. The molecule has 0 saturated heterocycles. The van der Waals surface area contributed by atoms with Crippen molar-refractivity contribution in [2.45, 2.75) is 30.8 Å². The van der Waals surface area contributed by atoms with Crippen LogP contribution in [-0.2, 0) is 14.8 Å². The van der Waals surface area contributed by atoms with Crippen LogP contribution in [0.25, 0.3) is 11.4 Å². The number of aromatic nitrogens is 2. The third kappa shape index (κ3) is 4.81. The Labute approximate surface area is 198 Å². The molecule has 1 aromatic heterocycles. The summed E-state index contributed by atoms with van der Waals surface area (Å²) in [6.45, 7) is 1.83. The number of benzene rings is 2. The van der Waals surface area contributed by atoms with Crippen molar-refractivity contribution >= 4 is 27.5 Å². The van der Waals surface area contributed by atoms with E-state index in [2.05, 4.69) is 9.97 Å². The van der Waals surface area contributed by atoms with Crippen LogP contribution < -0.4 is 13.9 Å². The normalized spacial score (nSPS) is 15.4. The van der Waals surface area contributed by atoms with Crippen molar-refractivity contribution in [2.75, 3.05) is 29.8 Å². The predicted molar refractivity (Wildman–Crippen MR) is 129 cm³/mol. The minimum absolute atomic E-state index is 0.00139. The second-order valence-electron chi connectivity index (χ2n) is 8.34. The number of ether oxygens (including phenoxy) is 1. The van der Waals surface area contributed by atoms with E-state index in [4.69, 9.17) is 9.84 Å². The molecule has 10 heteroatoms. The molecule has 0 spiro atoms. The van der Waals surface area contributed by atoms with Gasteiger partial charge in [0, 0.05) is 32.3 Å². The maximum Gasteiger partial charge on any atom is 0.303 e. The van der Waals surface area contributed by atoms with Crippen LogP contribution in [0, 0.1) is 6.92 Å². The Morgan fingerprint density at radius 1 is 1.21 bits per heavy atom. The molecule has 0 aliphatic carbocycles. The van der Waals surface area contributed by atoms with Gasteiger partial charge in [0.2, 0.25) is 0 Å². The van der Waals surface area contributed by atoms with Crippen molar-refractivity contribution < 1.29 is 23.1 Å². The fourth-order valence-corrected chi connectivity index (χ4v) is 5.36. The quantitative estimate of drug-likeness (QED) is 0.546. The molecule has 0 saturated carbocycles. The molecule has 34 heavy (non-hydrogen) atoms. The Bertz CT molecular complexity index is 1330. The summed E-state index contributed by atoms with van der Waals surface area (Å²) in [5, 5.41) is 9.09. The Kier molecular flexibility index (Phi) is 6.43. The summed E-state index contributed by atoms with van der Waals surface area (Å²) in [5.41, 5.74) is 1.82. The summed E-state index contributed by atoms with van der Waals surface area (Å²) in [7, 11) is -0.183. The lowest BCUT2D eigenvalue weighted by molar-refractivity contribution is -0.137. The number of carbonyl (C=O) groups is 1. The van der Waals surface area contributed by atoms with E-state index in [0.29, 0.717) is 22.8 Å². The molecule has 0 radical (unpaired) electrons. The molecule has 1 aliphatic rings. The van der Waals surface area contributed by atoms with Gasteiger partial charge in [-0.25, -0.2) is 18.4 Å². The molecule has 1 N–H and O–H groups in total. The number of nitrogens with zero attached hydrogens (tertiary/aromatic N) is 4. The highest BCUT2D eigenvalue weighted by Crippen LogP contribution is 2.40. The maximum absolute atomic E-state index is 13.7. The number of carboxylic acid groups (broad SMARTS) is 1. The second kappa shape index (κ2) is 9.30. The zero-order valence-electron chi connectivity index (χ0n) is 19.2. The first-order valence-electron chi connectivity index (χ1n) is 10.8. The van der Waals surface area contributed by atoms with Crippen molar-refractivity contribution in [2.24, 2.45) is 0 Å². The number of hydrogen-bond acceptors (Lipinski definition) is 7. The highest BCUT2D eigenvalue weighted by Gasteiger charge is 2.35. The number of fused-ring (bicyclic) bond motifs is 1. The number of aliphatic carboxylic acids is 1. The van der Waals surface area contributed by atoms with Crippen LogP contribution in [0.2, 0.25) is 0 Å². The minimum Gasteiger partial charge on any atom is -0.486 e. The van der Waals surface area contributed by atoms with E-state index in [1.807, 2.05) is 32.0 Å². The van der Waals surface area contributed by atoms with Gasteiger partial charge in [-0.05, 0) is 55.3 Å². The summed E-state index contributed by atoms with van der Waals surface area (Å²) in [6.07, 6.45) is 1.12. The Morgan fingerprint density at radius 3 is 2.71 bits per heavy atom. The van der Waals surface area contributed by atoms with Crippen LogP contribution in [0.3, 0.4) is 0 Å². The summed E-state index contributed by atoms with van der Waals surface area (Å²) >= 11 is 0. The number of hydrogen-bond donors (Lipinski definition) is 1. The Hall–Kier alpha value is -3.66. The Balaban J connectivity index is 1.80. The van der Waals surface area contributed by atoms with E-state index < -0.39 is 22.1 Å². The molecule has 0 unspecified atom stereocenters. The molecule has 9 nitrogen and oxygen atoms in total. The highest BCUT2D eigenvalue weighted by molar-refractivity contribution is 7.92. The van der Waals surface area contributed by atoms with Gasteiger partial charge in [0.1, 0.15) is 17.7 Å². The Morgan fingerprint density at radius 2 is 2.00 bits per heavy atom. The largest absolute Gasteiger partial charge is 0.486 e. The van der Waals surface area contributed by atoms with E-state index in [1.54, 1.807) is 48.7 Å². The first-order valence-corrected chi connectivity index (χ1v) is 12.2. The highest BCUT2D eigenvalue weighted by atomic mass is 32.2. The van der Waals surface area contributed by atoms with Gasteiger partial charge in [0.25, 0.3) is 10.0 Å². The van der Waals surface area contributed by atoms with Crippen LogP contribution in [-0.4, -0.2) is 56.2 Å². The molecule has 3 aromatic rings. The number of rotatable bonds is 7. The molecule has 0 bridgehead atoms. The summed E-state index contributed by atoms with van der Waals surface area (Å²) < 4.78 is 34.7. The first-order chi connectivity index (χ1) is 16.1. The van der Waals surface area contributed by atoms with E-state index >= 15 is 0 Å². The number of carboxylic acids is 1. The lowest BCUT2D eigenvalue weighted by Gasteiger charge is -2.35. The third-order valence-corrected chi connectivity index (χ3v) is 7.28. The summed E-state index contributed by atoms with van der Waals surface area (Å²) in [5.74, 6) is 0.577. The van der Waals surface area contributed by atoms with Crippen LogP contribution >= 0.6 is 0 Å². The van der Waals surface area contributed by atoms with Gasteiger partial charge < -0.3 is 14.7 Å². The number of sulfonamides is 1. The molecule has 0 fully saturated rings. The van der Waals surface area contributed by atoms with Gasteiger partial charge in [0.15, 0.2) is 5.82 Å². The monoisotopic (exact) mass is 482 g/mol. The topological polar surface area (TPSA) is 113 Å². The zero-order valence-corrected chi connectivity index (χ0v) is 20.0. The second-order valence-corrected chi connectivity index (χ2v) is 10.2. The molecule has 2 aromatic carbocycles. The van der Waals surface area contributed by atoms with E-state index in [0.717, 1.165) is 11.4 Å². The lowest BCUT2D eigenvalue weighted by atomic mass is 10.1. The molecule has 178 valence electrons. The van der Waals surface area contributed by atoms with E-state index in [1.165, 1.54) is 4.31 Å². The van der Waals surface area contributed by atoms with Gasteiger partial charge in [-0.1, -0.05) is 12.1 Å². The SMILES string of the molecule is Cc1cccc(S(=O)(=O)N2C[C@H](CCC(=O)O)Oc3ccc(-c4nccc(N(C)C)n4)cc32)c1. The summed E-state index contributed by atoms with van der Waals surface area (Å²) in [6, 6.07) is 13.6. The number of aryl methyl sites for hydroxylation is 1. The lowest BCUT2D eigenvalue weighted by Crippen LogP contribution is -2.43. The van der Waals surface area contributed by atoms with E-state index in [9.17, 15) is 13.2 Å². The van der Waals surface area contributed by atoms with Crippen molar-refractivity contribution in [3.05, 3.63) is 60.3 Å². The fraction of sp³-hybridized carbons (Fsp3) is 0.292. The smallest absolute Gasteiger partial charge is 0.303 e. The van der Waals surface area contributed by atoms with Gasteiger partial charge in [-0.3, -0.25) is 9.10 Å². The van der Waals surface area contributed by atoms with Gasteiger partial charge in [-0.2, -0.15) is 0 Å². The zero-order chi connectivity index (χ0) is 24.5. The van der Waals surface area contributed by atoms with E-state index in [-0.39, 0.29) is 24.3 Å². The molecule has 2 heterocycles. The minimum atomic E-state index is -3.93. The van der Waals surface area contributed by atoms with Crippen molar-refractivity contribution in [1.82, 2.24) is 9.97 Å². The molecule has 1 aliphatic heterocycles. The molecule has 1 atom stereocenters. The predicted octanol–water partition coefficient (Wildman–Crippen LogP) is 3.34. The molecule has 0 amide bonds. The average Bonchev–Trinajstić information content (AvgIpc) is 2.82. The molecular formula is C24H26N4O5S. The molecular weight excluding hydrogens is 456 g/mol. The van der Waals surface area contributed by atoms with Crippen LogP contribution in [0.5, 0.6) is 5.75 Å². The van der Waals surface area contributed by atoms with Gasteiger partial charge >= 0.3 is 5.97 Å². The molecule has 4 rings (SSSR count). The average molecular weight is 483 g/mol. The van der Waals surface area contributed by atoms with Crippen LogP contribution in [0.1, 0.15) is 18.4 Å².